The molecule has 3 N–H and O–H groups in total. The first kappa shape index (κ1) is 19.9. The van der Waals surface area contributed by atoms with Crippen molar-refractivity contribution >= 4 is 27.8 Å². The molecule has 0 bridgehead atoms. The fourth-order valence-electron chi connectivity index (χ4n) is 3.58. The summed E-state index contributed by atoms with van der Waals surface area (Å²) in [5.74, 6) is -0.451. The summed E-state index contributed by atoms with van der Waals surface area (Å²) in [4.78, 5) is 13.2. The molecule has 1 aliphatic heterocycles. The van der Waals surface area contributed by atoms with E-state index in [1.807, 2.05) is 13.0 Å². The van der Waals surface area contributed by atoms with Gasteiger partial charge in [-0.15, -0.1) is 10.8 Å². The van der Waals surface area contributed by atoms with E-state index >= 15 is 0 Å². The molecule has 8 heteroatoms. The summed E-state index contributed by atoms with van der Waals surface area (Å²) >= 11 is 0. The van der Waals surface area contributed by atoms with Gasteiger partial charge in [-0.3, -0.25) is 13.7 Å². The Kier molecular flexibility index (Phi) is 4.51. The number of benzene rings is 2. The Hall–Kier alpha value is -2.39. The van der Waals surface area contributed by atoms with Crippen LogP contribution in [0.4, 0.5) is 9.18 Å². The summed E-state index contributed by atoms with van der Waals surface area (Å²) < 4.78 is 43.9. The van der Waals surface area contributed by atoms with Crippen molar-refractivity contribution in [1.82, 2.24) is 9.29 Å². The second-order valence-electron chi connectivity index (χ2n) is 8.20. The number of nitrogens with one attached hydrogen (secondary N) is 1. The number of rotatable bonds is 1. The lowest BCUT2D eigenvalue weighted by Gasteiger charge is -2.27. The van der Waals surface area contributed by atoms with Crippen molar-refractivity contribution in [2.45, 2.75) is 44.2 Å². The van der Waals surface area contributed by atoms with E-state index in [1.54, 1.807) is 45.2 Å². The molecule has 2 heterocycles. The number of hydrogen-bond acceptors (Lipinski definition) is 5. The molecular formula is C21H23FN2O4S. The normalized spacial score (nSPS) is 19.2. The number of fused-ring (bicyclic) bond motifs is 2. The predicted molar refractivity (Wildman–Crippen MR) is 112 cm³/mol. The lowest BCUT2D eigenvalue weighted by atomic mass is 10.00. The van der Waals surface area contributed by atoms with Gasteiger partial charge in [0.25, 0.3) is 0 Å². The number of hydrogen-bond donors (Lipinski definition) is 3. The van der Waals surface area contributed by atoms with Gasteiger partial charge in [-0.25, -0.2) is 13.9 Å². The van der Waals surface area contributed by atoms with Crippen molar-refractivity contribution in [1.29, 1.82) is 0 Å². The molecule has 0 fully saturated rings. The van der Waals surface area contributed by atoms with Crippen molar-refractivity contribution in [3.63, 3.8) is 0 Å². The molecule has 1 aliphatic rings. The van der Waals surface area contributed by atoms with E-state index < -0.39 is 28.3 Å². The van der Waals surface area contributed by atoms with Gasteiger partial charge >= 0.3 is 6.09 Å². The highest BCUT2D eigenvalue weighted by molar-refractivity contribution is 8.22. The molecule has 6 nitrogen and oxygen atoms in total. The van der Waals surface area contributed by atoms with Gasteiger partial charge in [-0.1, -0.05) is 6.07 Å². The highest BCUT2D eigenvalue weighted by Crippen LogP contribution is 2.55. The third-order valence-corrected chi connectivity index (χ3v) is 6.46. The van der Waals surface area contributed by atoms with Crippen molar-refractivity contribution in [3.05, 3.63) is 54.0 Å². The Labute approximate surface area is 169 Å². The summed E-state index contributed by atoms with van der Waals surface area (Å²) in [6.45, 7) is 7.16. The zero-order valence-electron chi connectivity index (χ0n) is 16.6. The molecule has 1 atom stereocenters. The van der Waals surface area contributed by atoms with Gasteiger partial charge in [0, 0.05) is 17.1 Å². The van der Waals surface area contributed by atoms with Crippen LogP contribution in [0.1, 0.15) is 39.3 Å². The van der Waals surface area contributed by atoms with E-state index in [4.69, 9.17) is 4.74 Å². The van der Waals surface area contributed by atoms with Crippen LogP contribution < -0.4 is 4.72 Å². The van der Waals surface area contributed by atoms with Crippen LogP contribution in [0, 0.1) is 5.82 Å². The van der Waals surface area contributed by atoms with Crippen LogP contribution in [-0.4, -0.2) is 25.4 Å². The average molecular weight is 418 g/mol. The molecular weight excluding hydrogens is 395 g/mol. The van der Waals surface area contributed by atoms with Crippen molar-refractivity contribution in [3.8, 4) is 11.1 Å². The lowest BCUT2D eigenvalue weighted by Crippen LogP contribution is -2.26. The molecule has 0 spiro atoms. The van der Waals surface area contributed by atoms with Crippen LogP contribution in [0.25, 0.3) is 22.0 Å². The molecule has 0 radical (unpaired) electrons. The van der Waals surface area contributed by atoms with Gasteiger partial charge in [0.15, 0.2) is 0 Å². The number of carbonyl (C=O) groups excluding carboxylic acids is 1. The standard InChI is InChI=1S/C21H23FN2O4S/c1-12-16-9-13(5-8-19(16)29(26,27)23-12)17-11-24(20(25)28-21(2,3)4)18-10-14(22)6-7-15(17)18/h5-12,23,26-27H,1-4H3. The van der Waals surface area contributed by atoms with Crippen LogP contribution in [-0.2, 0) is 4.74 Å². The van der Waals surface area contributed by atoms with Gasteiger partial charge in [0.05, 0.1) is 16.5 Å². The van der Waals surface area contributed by atoms with Crippen molar-refractivity contribution in [2.75, 3.05) is 0 Å². The van der Waals surface area contributed by atoms with Gasteiger partial charge in [0.2, 0.25) is 0 Å². The second kappa shape index (κ2) is 6.56. The maximum atomic E-state index is 13.9. The van der Waals surface area contributed by atoms with Gasteiger partial charge in [-0.05, 0) is 69.2 Å². The van der Waals surface area contributed by atoms with E-state index in [-0.39, 0.29) is 6.04 Å². The summed E-state index contributed by atoms with van der Waals surface area (Å²) in [6.07, 6.45) is 1.04. The SMILES string of the molecule is CC1NS(O)(O)c2ccc(-c3cn(C(=O)OC(C)(C)C)c4cc(F)ccc34)cc21. The first-order valence-corrected chi connectivity index (χ1v) is 10.7. The minimum atomic E-state index is -3.01. The second-order valence-corrected chi connectivity index (χ2v) is 9.97. The zero-order chi connectivity index (χ0) is 21.1. The summed E-state index contributed by atoms with van der Waals surface area (Å²) in [5.41, 5.74) is 2.01. The van der Waals surface area contributed by atoms with Crippen molar-refractivity contribution in [2.24, 2.45) is 0 Å². The topological polar surface area (TPSA) is 83.7 Å². The fraction of sp³-hybridized carbons (Fsp3) is 0.286. The van der Waals surface area contributed by atoms with E-state index in [1.165, 1.54) is 16.7 Å². The first-order valence-electron chi connectivity index (χ1n) is 9.20. The molecule has 1 aromatic heterocycles. The number of nitrogens with zero attached hydrogens (tertiary/aromatic N) is 1. The summed E-state index contributed by atoms with van der Waals surface area (Å²) in [5, 5.41) is 0.697. The molecule has 0 saturated heterocycles. The lowest BCUT2D eigenvalue weighted by molar-refractivity contribution is 0.0544. The Morgan fingerprint density at radius 1 is 1.21 bits per heavy atom. The summed E-state index contributed by atoms with van der Waals surface area (Å²) in [6, 6.07) is 9.36. The molecule has 154 valence electrons. The maximum absolute atomic E-state index is 13.9. The minimum Gasteiger partial charge on any atom is -0.443 e. The van der Waals surface area contributed by atoms with Gasteiger partial charge in [-0.2, -0.15) is 0 Å². The fourth-order valence-corrected chi connectivity index (χ4v) is 5.15. The first-order chi connectivity index (χ1) is 13.5. The van der Waals surface area contributed by atoms with E-state index in [9.17, 15) is 18.3 Å². The molecule has 4 rings (SSSR count). The largest absolute Gasteiger partial charge is 0.443 e. The Morgan fingerprint density at radius 3 is 2.62 bits per heavy atom. The van der Waals surface area contributed by atoms with Crippen LogP contribution in [0.3, 0.4) is 0 Å². The number of ether oxygens (including phenoxy) is 1. The molecule has 29 heavy (non-hydrogen) atoms. The highest BCUT2D eigenvalue weighted by Gasteiger charge is 2.32. The Morgan fingerprint density at radius 2 is 1.93 bits per heavy atom. The molecule has 0 saturated carbocycles. The van der Waals surface area contributed by atoms with Gasteiger partial charge in [0.1, 0.15) is 11.4 Å². The number of halogens is 1. The van der Waals surface area contributed by atoms with E-state index in [2.05, 4.69) is 4.72 Å². The summed E-state index contributed by atoms with van der Waals surface area (Å²) in [7, 11) is -3.01. The molecule has 1 unspecified atom stereocenters. The van der Waals surface area contributed by atoms with Crippen LogP contribution in [0.5, 0.6) is 0 Å². The van der Waals surface area contributed by atoms with E-state index in [0.717, 1.165) is 16.7 Å². The Balaban J connectivity index is 1.88. The smallest absolute Gasteiger partial charge is 0.419 e. The quantitative estimate of drug-likeness (QED) is 0.457. The molecule has 3 aromatic rings. The van der Waals surface area contributed by atoms with Crippen LogP contribution in [0.2, 0.25) is 0 Å². The van der Waals surface area contributed by atoms with Gasteiger partial charge < -0.3 is 4.74 Å². The predicted octanol–water partition coefficient (Wildman–Crippen LogP) is 5.92. The zero-order valence-corrected chi connectivity index (χ0v) is 17.4. The molecule has 2 aromatic carbocycles. The number of carbonyl (C=O) groups is 1. The average Bonchev–Trinajstić information content (AvgIpc) is 3.08. The molecule has 0 amide bonds. The molecule has 0 aliphatic carbocycles. The number of aromatic nitrogens is 1. The highest BCUT2D eigenvalue weighted by atomic mass is 32.3. The maximum Gasteiger partial charge on any atom is 0.419 e. The third kappa shape index (κ3) is 3.53. The van der Waals surface area contributed by atoms with E-state index in [0.29, 0.717) is 15.8 Å². The monoisotopic (exact) mass is 418 g/mol. The van der Waals surface area contributed by atoms with Crippen molar-refractivity contribution < 1.29 is 23.0 Å². The minimum absolute atomic E-state index is 0.230. The van der Waals surface area contributed by atoms with Crippen LogP contribution >= 0.6 is 10.8 Å². The van der Waals surface area contributed by atoms with Crippen LogP contribution in [0.15, 0.2) is 47.5 Å². The third-order valence-electron chi connectivity index (χ3n) is 4.79. The Bertz CT molecular complexity index is 1130.